The van der Waals surface area contributed by atoms with E-state index in [4.69, 9.17) is 0 Å². The lowest BCUT2D eigenvalue weighted by Gasteiger charge is -2.23. The summed E-state index contributed by atoms with van der Waals surface area (Å²) < 4.78 is 0. The summed E-state index contributed by atoms with van der Waals surface area (Å²) in [4.78, 5) is 14.5. The second kappa shape index (κ2) is 7.71. The van der Waals surface area contributed by atoms with E-state index in [1.165, 1.54) is 30.5 Å². The van der Waals surface area contributed by atoms with Crippen molar-refractivity contribution in [2.24, 2.45) is 5.92 Å². The Labute approximate surface area is 139 Å². The molecule has 3 rings (SSSR count). The third-order valence-corrected chi connectivity index (χ3v) is 5.14. The Balaban J connectivity index is 1.40. The van der Waals surface area contributed by atoms with E-state index in [-0.39, 0.29) is 6.03 Å². The molecule has 1 aliphatic heterocycles. The quantitative estimate of drug-likeness (QED) is 0.894. The molecule has 2 amide bonds. The van der Waals surface area contributed by atoms with Crippen LogP contribution in [0.2, 0.25) is 0 Å². The second-order valence-corrected chi connectivity index (χ2v) is 7.13. The molecule has 1 saturated heterocycles. The topological polar surface area (TPSA) is 44.4 Å². The van der Waals surface area contributed by atoms with Gasteiger partial charge < -0.3 is 15.5 Å². The molecule has 1 aromatic rings. The monoisotopic (exact) mass is 315 g/mol. The molecule has 2 N–H and O–H groups in total. The van der Waals surface area contributed by atoms with E-state index in [0.717, 1.165) is 38.9 Å². The summed E-state index contributed by atoms with van der Waals surface area (Å²) in [5.41, 5.74) is 2.61. The standard InChI is InChI=1S/C19H29N3O/c1-15-6-5-9-18(12-15)22-11-10-16(14-22)13-20-19(23)21-17-7-3-2-4-8-17/h5-6,9,12,16-17H,2-4,7-8,10-11,13-14H2,1H3,(H2,20,21,23). The van der Waals surface area contributed by atoms with E-state index < -0.39 is 0 Å². The van der Waals surface area contributed by atoms with Crippen LogP contribution in [0, 0.1) is 12.8 Å². The number of benzene rings is 1. The van der Waals surface area contributed by atoms with E-state index in [1.807, 2.05) is 0 Å². The maximum atomic E-state index is 12.0. The molecule has 23 heavy (non-hydrogen) atoms. The molecule has 1 heterocycles. The number of amides is 2. The van der Waals surface area contributed by atoms with Gasteiger partial charge in [0.25, 0.3) is 0 Å². The number of hydrogen-bond donors (Lipinski definition) is 2. The van der Waals surface area contributed by atoms with Gasteiger partial charge in [-0.1, -0.05) is 31.4 Å². The van der Waals surface area contributed by atoms with Crippen LogP contribution in [-0.2, 0) is 0 Å². The van der Waals surface area contributed by atoms with Crippen LogP contribution in [0.4, 0.5) is 10.5 Å². The lowest BCUT2D eigenvalue weighted by molar-refractivity contribution is 0.231. The van der Waals surface area contributed by atoms with Gasteiger partial charge in [0.1, 0.15) is 0 Å². The minimum atomic E-state index is 0.0194. The normalized spacial score (nSPS) is 22.1. The molecule has 1 aromatic carbocycles. The van der Waals surface area contributed by atoms with Crippen LogP contribution in [0.5, 0.6) is 0 Å². The summed E-state index contributed by atoms with van der Waals surface area (Å²) in [6, 6.07) is 9.08. The number of rotatable bonds is 4. The summed E-state index contributed by atoms with van der Waals surface area (Å²) in [7, 11) is 0. The fourth-order valence-corrected chi connectivity index (χ4v) is 3.78. The molecule has 2 aliphatic rings. The first-order chi connectivity index (χ1) is 11.2. The van der Waals surface area contributed by atoms with Crippen LogP contribution >= 0.6 is 0 Å². The largest absolute Gasteiger partial charge is 0.371 e. The lowest BCUT2D eigenvalue weighted by atomic mass is 9.96. The number of aryl methyl sites for hydroxylation is 1. The highest BCUT2D eigenvalue weighted by Gasteiger charge is 2.23. The number of nitrogens with zero attached hydrogens (tertiary/aromatic N) is 1. The predicted octanol–water partition coefficient (Wildman–Crippen LogP) is 3.45. The fraction of sp³-hybridized carbons (Fsp3) is 0.632. The first kappa shape index (κ1) is 16.2. The van der Waals surface area contributed by atoms with Crippen LogP contribution in [0.25, 0.3) is 0 Å². The van der Waals surface area contributed by atoms with Gasteiger partial charge in [-0.3, -0.25) is 0 Å². The van der Waals surface area contributed by atoms with Crippen molar-refractivity contribution >= 4 is 11.7 Å². The molecule has 0 bridgehead atoms. The minimum Gasteiger partial charge on any atom is -0.371 e. The van der Waals surface area contributed by atoms with E-state index in [0.29, 0.717) is 12.0 Å². The van der Waals surface area contributed by atoms with E-state index in [2.05, 4.69) is 46.7 Å². The van der Waals surface area contributed by atoms with Gasteiger partial charge in [0.2, 0.25) is 0 Å². The van der Waals surface area contributed by atoms with Crippen molar-refractivity contribution in [3.8, 4) is 0 Å². The average molecular weight is 315 g/mol. The first-order valence-corrected chi connectivity index (χ1v) is 9.07. The summed E-state index contributed by atoms with van der Waals surface area (Å²) in [5, 5.41) is 6.21. The van der Waals surface area contributed by atoms with Crippen LogP contribution in [-0.4, -0.2) is 31.7 Å². The number of anilines is 1. The van der Waals surface area contributed by atoms with Gasteiger partial charge >= 0.3 is 6.03 Å². The molecule has 1 atom stereocenters. The van der Waals surface area contributed by atoms with E-state index in [1.54, 1.807) is 0 Å². The van der Waals surface area contributed by atoms with Crippen LogP contribution in [0.15, 0.2) is 24.3 Å². The predicted molar refractivity (Wildman–Crippen MR) is 94.9 cm³/mol. The molecule has 0 aromatic heterocycles. The van der Waals surface area contributed by atoms with Crippen molar-refractivity contribution in [2.45, 2.75) is 51.5 Å². The van der Waals surface area contributed by atoms with E-state index >= 15 is 0 Å². The third-order valence-electron chi connectivity index (χ3n) is 5.14. The molecule has 1 saturated carbocycles. The maximum absolute atomic E-state index is 12.0. The highest BCUT2D eigenvalue weighted by molar-refractivity contribution is 5.74. The Hall–Kier alpha value is -1.71. The summed E-state index contributed by atoms with van der Waals surface area (Å²) in [6.45, 7) is 5.03. The molecule has 1 aliphatic carbocycles. The zero-order chi connectivity index (χ0) is 16.1. The Morgan fingerprint density at radius 3 is 2.83 bits per heavy atom. The highest BCUT2D eigenvalue weighted by atomic mass is 16.2. The zero-order valence-corrected chi connectivity index (χ0v) is 14.2. The van der Waals surface area contributed by atoms with Gasteiger partial charge in [-0.05, 0) is 49.8 Å². The summed E-state index contributed by atoms with van der Waals surface area (Å²) in [6.07, 6.45) is 7.24. The number of nitrogens with one attached hydrogen (secondary N) is 2. The van der Waals surface area contributed by atoms with Crippen molar-refractivity contribution < 1.29 is 4.79 Å². The molecule has 2 fully saturated rings. The Morgan fingerprint density at radius 2 is 2.04 bits per heavy atom. The number of urea groups is 1. The maximum Gasteiger partial charge on any atom is 0.315 e. The van der Waals surface area contributed by atoms with E-state index in [9.17, 15) is 4.79 Å². The average Bonchev–Trinajstić information content (AvgIpc) is 3.03. The van der Waals surface area contributed by atoms with Crippen molar-refractivity contribution in [3.63, 3.8) is 0 Å². The zero-order valence-electron chi connectivity index (χ0n) is 14.2. The Kier molecular flexibility index (Phi) is 5.42. The Bertz CT molecular complexity index is 525. The molecule has 1 unspecified atom stereocenters. The summed E-state index contributed by atoms with van der Waals surface area (Å²) >= 11 is 0. The molecular formula is C19H29N3O. The number of carbonyl (C=O) groups is 1. The van der Waals surface area contributed by atoms with Gasteiger partial charge in [0.05, 0.1) is 0 Å². The second-order valence-electron chi connectivity index (χ2n) is 7.13. The van der Waals surface area contributed by atoms with Crippen molar-refractivity contribution in [2.75, 3.05) is 24.5 Å². The summed E-state index contributed by atoms with van der Waals surface area (Å²) in [5.74, 6) is 0.549. The van der Waals surface area contributed by atoms with Crippen molar-refractivity contribution in [1.29, 1.82) is 0 Å². The van der Waals surface area contributed by atoms with Gasteiger partial charge in [-0.2, -0.15) is 0 Å². The molecule has 126 valence electrons. The fourth-order valence-electron chi connectivity index (χ4n) is 3.78. The SMILES string of the molecule is Cc1cccc(N2CCC(CNC(=O)NC3CCCCC3)C2)c1. The van der Waals surface area contributed by atoms with Gasteiger partial charge in [0.15, 0.2) is 0 Å². The molecule has 0 spiro atoms. The van der Waals surface area contributed by atoms with Crippen LogP contribution in [0.3, 0.4) is 0 Å². The molecule has 4 heteroatoms. The smallest absolute Gasteiger partial charge is 0.315 e. The number of hydrogen-bond acceptors (Lipinski definition) is 2. The van der Waals surface area contributed by atoms with Crippen molar-refractivity contribution in [1.82, 2.24) is 10.6 Å². The molecular weight excluding hydrogens is 286 g/mol. The van der Waals surface area contributed by atoms with Gasteiger partial charge in [0, 0.05) is 31.4 Å². The Morgan fingerprint density at radius 1 is 1.22 bits per heavy atom. The third kappa shape index (κ3) is 4.63. The molecule has 0 radical (unpaired) electrons. The number of carbonyl (C=O) groups excluding carboxylic acids is 1. The highest BCUT2D eigenvalue weighted by Crippen LogP contribution is 2.24. The van der Waals surface area contributed by atoms with Crippen LogP contribution in [0.1, 0.15) is 44.1 Å². The van der Waals surface area contributed by atoms with Crippen LogP contribution < -0.4 is 15.5 Å². The van der Waals surface area contributed by atoms with Crippen molar-refractivity contribution in [3.05, 3.63) is 29.8 Å². The minimum absolute atomic E-state index is 0.0194. The lowest BCUT2D eigenvalue weighted by Crippen LogP contribution is -2.44. The van der Waals surface area contributed by atoms with Gasteiger partial charge in [-0.25, -0.2) is 4.79 Å². The molecule has 4 nitrogen and oxygen atoms in total. The van der Waals surface area contributed by atoms with Gasteiger partial charge in [-0.15, -0.1) is 0 Å². The first-order valence-electron chi connectivity index (χ1n) is 9.07.